The van der Waals surface area contributed by atoms with Crippen LogP contribution in [0.15, 0.2) is 120 Å². The van der Waals surface area contributed by atoms with E-state index in [1.165, 1.54) is 0 Å². The van der Waals surface area contributed by atoms with Crippen molar-refractivity contribution >= 4 is 27.3 Å². The van der Waals surface area contributed by atoms with Gasteiger partial charge in [0, 0.05) is 28.3 Å². The predicted molar refractivity (Wildman–Crippen MR) is 146 cm³/mol. The van der Waals surface area contributed by atoms with Gasteiger partial charge >= 0.3 is 0 Å². The first-order valence-electron chi connectivity index (χ1n) is 12.0. The second-order valence-electron chi connectivity index (χ2n) is 8.75. The van der Waals surface area contributed by atoms with Gasteiger partial charge in [0.2, 0.25) is 0 Å². The van der Waals surface area contributed by atoms with Crippen LogP contribution in [0.3, 0.4) is 0 Å². The Balaban J connectivity index is 1.55. The molecular weight excluding hydrogens is 458 g/mol. The van der Waals surface area contributed by atoms with Crippen LogP contribution in [0.25, 0.3) is 61.5 Å². The molecule has 4 aromatic carbocycles. The molecule has 0 aliphatic rings. The molecule has 0 fully saturated rings. The summed E-state index contributed by atoms with van der Waals surface area (Å²) in [6.45, 7) is 0. The zero-order valence-electron chi connectivity index (χ0n) is 19.6. The van der Waals surface area contributed by atoms with Gasteiger partial charge < -0.3 is 0 Å². The van der Waals surface area contributed by atoms with Gasteiger partial charge in [0.15, 0.2) is 17.5 Å². The Labute approximate surface area is 211 Å². The van der Waals surface area contributed by atoms with Gasteiger partial charge in [-0.1, -0.05) is 91.0 Å². The normalized spacial score (nSPS) is 11.4. The van der Waals surface area contributed by atoms with Gasteiger partial charge in [-0.2, -0.15) is 0 Å². The smallest absolute Gasteiger partial charge is 0.265 e. The van der Waals surface area contributed by atoms with E-state index in [9.17, 15) is 4.79 Å². The summed E-state index contributed by atoms with van der Waals surface area (Å²) < 4.78 is 1.60. The summed E-state index contributed by atoms with van der Waals surface area (Å²) in [5, 5.41) is 2.43. The second kappa shape index (κ2) is 8.46. The highest BCUT2D eigenvalue weighted by Gasteiger charge is 2.17. The zero-order chi connectivity index (χ0) is 24.8. The van der Waals surface area contributed by atoms with E-state index in [1.807, 2.05) is 103 Å². The largest absolute Gasteiger partial charge is 0.268 e. The zero-order valence-corrected chi connectivity index (χ0v) is 19.6. The highest BCUT2D eigenvalue weighted by molar-refractivity contribution is 5.99. The lowest BCUT2D eigenvalue weighted by Gasteiger charge is -2.11. The third-order valence-corrected chi connectivity index (χ3v) is 6.48. The molecule has 0 aliphatic carbocycles. The summed E-state index contributed by atoms with van der Waals surface area (Å²) in [6.07, 6.45) is 1.78. The molecule has 0 saturated heterocycles. The fourth-order valence-electron chi connectivity index (χ4n) is 4.66. The Morgan fingerprint density at radius 2 is 1.11 bits per heavy atom. The van der Waals surface area contributed by atoms with E-state index in [0.29, 0.717) is 39.6 Å². The predicted octanol–water partition coefficient (Wildman–Crippen LogP) is 6.19. The molecule has 0 saturated carbocycles. The Hall–Kier alpha value is -5.23. The number of benzene rings is 4. The highest BCUT2D eigenvalue weighted by Crippen LogP contribution is 2.29. The van der Waals surface area contributed by atoms with Crippen LogP contribution < -0.4 is 5.56 Å². The molecule has 3 heterocycles. The van der Waals surface area contributed by atoms with Crippen LogP contribution in [-0.2, 0) is 0 Å². The quantitative estimate of drug-likeness (QED) is 0.224. The first-order valence-corrected chi connectivity index (χ1v) is 12.0. The molecule has 0 unspecified atom stereocenters. The van der Waals surface area contributed by atoms with E-state index >= 15 is 0 Å². The van der Waals surface area contributed by atoms with Crippen molar-refractivity contribution in [3.8, 4) is 34.2 Å². The van der Waals surface area contributed by atoms with Crippen LogP contribution in [0.4, 0.5) is 0 Å². The first-order chi connectivity index (χ1) is 18.3. The molecule has 0 amide bonds. The van der Waals surface area contributed by atoms with Crippen LogP contribution in [0.2, 0.25) is 0 Å². The van der Waals surface area contributed by atoms with Gasteiger partial charge in [0.25, 0.3) is 5.56 Å². The number of para-hydroxylation sites is 1. The van der Waals surface area contributed by atoms with E-state index < -0.39 is 0 Å². The number of nitrogens with zero attached hydrogens (tertiary/aromatic N) is 5. The SMILES string of the molecule is O=c1c2cccc(-c3nc(-c4ccccc4)nc(-c4ccccc4)n3)c2nc2c3ccccc3ccn12. The van der Waals surface area contributed by atoms with Gasteiger partial charge in [-0.05, 0) is 23.6 Å². The van der Waals surface area contributed by atoms with E-state index in [4.69, 9.17) is 19.9 Å². The van der Waals surface area contributed by atoms with Crippen LogP contribution in [0.1, 0.15) is 0 Å². The van der Waals surface area contributed by atoms with Gasteiger partial charge in [-0.15, -0.1) is 0 Å². The molecule has 0 radical (unpaired) electrons. The van der Waals surface area contributed by atoms with Crippen molar-refractivity contribution in [2.45, 2.75) is 0 Å². The third kappa shape index (κ3) is 3.54. The fraction of sp³-hybridized carbons (Fsp3) is 0. The lowest BCUT2D eigenvalue weighted by atomic mass is 10.1. The topological polar surface area (TPSA) is 73.0 Å². The lowest BCUT2D eigenvalue weighted by molar-refractivity contribution is 1.07. The molecule has 6 nitrogen and oxygen atoms in total. The minimum Gasteiger partial charge on any atom is -0.268 e. The summed E-state index contributed by atoms with van der Waals surface area (Å²) in [6, 6.07) is 35.1. The van der Waals surface area contributed by atoms with Crippen LogP contribution >= 0.6 is 0 Å². The number of hydrogen-bond donors (Lipinski definition) is 0. The molecule has 0 aliphatic heterocycles. The number of rotatable bonds is 3. The lowest BCUT2D eigenvalue weighted by Crippen LogP contribution is -2.15. The van der Waals surface area contributed by atoms with Crippen molar-refractivity contribution in [3.05, 3.63) is 126 Å². The molecule has 37 heavy (non-hydrogen) atoms. The molecule has 0 bridgehead atoms. The molecule has 174 valence electrons. The highest BCUT2D eigenvalue weighted by atomic mass is 16.1. The minimum absolute atomic E-state index is 0.131. The van der Waals surface area contributed by atoms with Gasteiger partial charge in [-0.25, -0.2) is 19.9 Å². The van der Waals surface area contributed by atoms with Gasteiger partial charge in [0.1, 0.15) is 5.65 Å². The summed E-state index contributed by atoms with van der Waals surface area (Å²) >= 11 is 0. The Morgan fingerprint density at radius 1 is 0.514 bits per heavy atom. The first kappa shape index (κ1) is 21.1. The number of aromatic nitrogens is 5. The average molecular weight is 478 g/mol. The van der Waals surface area contributed by atoms with Crippen LogP contribution in [0, 0.1) is 0 Å². The molecule has 0 N–H and O–H groups in total. The molecule has 6 heteroatoms. The summed E-state index contributed by atoms with van der Waals surface area (Å²) in [4.78, 5) is 33.1. The fourth-order valence-corrected chi connectivity index (χ4v) is 4.66. The van der Waals surface area contributed by atoms with Crippen LogP contribution in [0.5, 0.6) is 0 Å². The molecular formula is C31H19N5O. The monoisotopic (exact) mass is 477 g/mol. The van der Waals surface area contributed by atoms with Crippen molar-refractivity contribution in [3.63, 3.8) is 0 Å². The Kier molecular flexibility index (Phi) is 4.82. The van der Waals surface area contributed by atoms with Gasteiger partial charge in [0.05, 0.1) is 10.9 Å². The van der Waals surface area contributed by atoms with E-state index in [0.717, 1.165) is 21.9 Å². The molecule has 7 aromatic rings. The molecule has 0 atom stereocenters. The Morgan fingerprint density at radius 3 is 1.81 bits per heavy atom. The molecule has 7 rings (SSSR count). The average Bonchev–Trinajstić information content (AvgIpc) is 2.97. The van der Waals surface area contributed by atoms with Crippen molar-refractivity contribution in [2.75, 3.05) is 0 Å². The maximum absolute atomic E-state index is 13.6. The minimum atomic E-state index is -0.131. The van der Waals surface area contributed by atoms with Gasteiger partial charge in [-0.3, -0.25) is 9.20 Å². The second-order valence-corrected chi connectivity index (χ2v) is 8.75. The molecule has 0 spiro atoms. The maximum atomic E-state index is 13.6. The molecule has 3 aromatic heterocycles. The van der Waals surface area contributed by atoms with E-state index in [-0.39, 0.29) is 5.56 Å². The van der Waals surface area contributed by atoms with E-state index in [1.54, 1.807) is 16.7 Å². The Bertz CT molecular complexity index is 1940. The van der Waals surface area contributed by atoms with Crippen molar-refractivity contribution in [2.24, 2.45) is 0 Å². The summed E-state index contributed by atoms with van der Waals surface area (Å²) in [5.41, 5.74) is 3.48. The number of hydrogen-bond acceptors (Lipinski definition) is 5. The summed E-state index contributed by atoms with van der Waals surface area (Å²) in [5.74, 6) is 1.59. The maximum Gasteiger partial charge on any atom is 0.265 e. The van der Waals surface area contributed by atoms with Crippen molar-refractivity contribution in [1.29, 1.82) is 0 Å². The third-order valence-electron chi connectivity index (χ3n) is 6.48. The van der Waals surface area contributed by atoms with Crippen LogP contribution in [-0.4, -0.2) is 24.3 Å². The summed E-state index contributed by atoms with van der Waals surface area (Å²) in [7, 11) is 0. The van der Waals surface area contributed by atoms with Crippen molar-refractivity contribution in [1.82, 2.24) is 24.3 Å². The van der Waals surface area contributed by atoms with Crippen molar-refractivity contribution < 1.29 is 0 Å². The number of pyridine rings is 1. The standard InChI is InChI=1S/C31H19N5O/c37-31-25-17-9-16-24(26(25)32-30-23-15-8-7-10-20(23)18-19-36(30)31)29-34-27(21-11-3-1-4-12-21)33-28(35-29)22-13-5-2-6-14-22/h1-19H. The van der Waals surface area contributed by atoms with E-state index in [2.05, 4.69) is 0 Å². The number of fused-ring (bicyclic) bond motifs is 4.